The molecule has 0 radical (unpaired) electrons. The van der Waals surface area contributed by atoms with E-state index in [1.165, 1.54) is 6.92 Å². The molecular formula is C11H15NO4S. The van der Waals surface area contributed by atoms with E-state index in [-0.39, 0.29) is 6.54 Å². The van der Waals surface area contributed by atoms with E-state index in [1.54, 1.807) is 12.1 Å². The first kappa shape index (κ1) is 13.7. The van der Waals surface area contributed by atoms with Crippen LogP contribution in [0.4, 0.5) is 0 Å². The first-order valence-corrected chi connectivity index (χ1v) is 6.80. The van der Waals surface area contributed by atoms with E-state index in [0.717, 1.165) is 5.56 Å². The molecule has 0 aliphatic carbocycles. The lowest BCUT2D eigenvalue weighted by atomic mass is 10.2. The molecule has 1 unspecified atom stereocenters. The maximum atomic E-state index is 11.5. The molecule has 0 saturated carbocycles. The van der Waals surface area contributed by atoms with Gasteiger partial charge < -0.3 is 5.11 Å². The minimum Gasteiger partial charge on any atom is -0.481 e. The Kier molecular flexibility index (Phi) is 4.65. The van der Waals surface area contributed by atoms with Gasteiger partial charge in [-0.25, -0.2) is 13.1 Å². The average molecular weight is 257 g/mol. The zero-order chi connectivity index (χ0) is 12.9. The van der Waals surface area contributed by atoms with Crippen molar-refractivity contribution in [2.45, 2.75) is 13.5 Å². The topological polar surface area (TPSA) is 83.5 Å². The lowest BCUT2D eigenvalue weighted by molar-refractivity contribution is -0.140. The predicted molar refractivity (Wildman–Crippen MR) is 63.9 cm³/mol. The third-order valence-electron chi connectivity index (χ3n) is 2.23. The number of hydrogen-bond acceptors (Lipinski definition) is 3. The highest BCUT2D eigenvalue weighted by molar-refractivity contribution is 7.89. The number of benzene rings is 1. The molecule has 0 aliphatic heterocycles. The van der Waals surface area contributed by atoms with Crippen LogP contribution in [-0.4, -0.2) is 25.2 Å². The Morgan fingerprint density at radius 1 is 1.35 bits per heavy atom. The van der Waals surface area contributed by atoms with E-state index < -0.39 is 27.7 Å². The molecule has 1 aromatic carbocycles. The number of carboxylic acid groups (broad SMARTS) is 1. The molecule has 0 fully saturated rings. The molecule has 6 heteroatoms. The molecular weight excluding hydrogens is 242 g/mol. The van der Waals surface area contributed by atoms with Crippen LogP contribution in [0.5, 0.6) is 0 Å². The van der Waals surface area contributed by atoms with Crippen LogP contribution in [-0.2, 0) is 21.4 Å². The van der Waals surface area contributed by atoms with Gasteiger partial charge in [-0.1, -0.05) is 37.3 Å². The molecule has 1 aromatic rings. The molecule has 1 rings (SSSR count). The van der Waals surface area contributed by atoms with Crippen molar-refractivity contribution in [3.05, 3.63) is 35.9 Å². The zero-order valence-electron chi connectivity index (χ0n) is 9.46. The highest BCUT2D eigenvalue weighted by atomic mass is 32.2. The van der Waals surface area contributed by atoms with Crippen molar-refractivity contribution < 1.29 is 18.3 Å². The molecule has 17 heavy (non-hydrogen) atoms. The summed E-state index contributed by atoms with van der Waals surface area (Å²) in [5.74, 6) is -2.44. The Bertz CT molecular complexity index is 470. The Morgan fingerprint density at radius 3 is 2.47 bits per heavy atom. The van der Waals surface area contributed by atoms with E-state index in [1.807, 2.05) is 18.2 Å². The lowest BCUT2D eigenvalue weighted by Gasteiger charge is -2.09. The van der Waals surface area contributed by atoms with Gasteiger partial charge >= 0.3 is 5.97 Å². The van der Waals surface area contributed by atoms with Crippen LogP contribution in [0.15, 0.2) is 30.3 Å². The largest absolute Gasteiger partial charge is 0.481 e. The maximum absolute atomic E-state index is 11.5. The minimum absolute atomic E-state index is 0.176. The number of carbonyl (C=O) groups is 1. The molecule has 0 spiro atoms. The molecule has 5 nitrogen and oxygen atoms in total. The monoisotopic (exact) mass is 257 g/mol. The Labute approximate surface area is 101 Å². The van der Waals surface area contributed by atoms with E-state index in [4.69, 9.17) is 5.11 Å². The Hall–Kier alpha value is -1.40. The number of hydrogen-bond donors (Lipinski definition) is 2. The fourth-order valence-electron chi connectivity index (χ4n) is 1.25. The van der Waals surface area contributed by atoms with E-state index >= 15 is 0 Å². The highest BCUT2D eigenvalue weighted by Crippen LogP contribution is 2.02. The molecule has 0 bridgehead atoms. The van der Waals surface area contributed by atoms with Crippen molar-refractivity contribution in [2.24, 2.45) is 5.92 Å². The second-order valence-corrected chi connectivity index (χ2v) is 5.68. The number of aliphatic carboxylic acids is 1. The number of rotatable bonds is 6. The van der Waals surface area contributed by atoms with Crippen molar-refractivity contribution in [3.8, 4) is 0 Å². The van der Waals surface area contributed by atoms with Gasteiger partial charge in [0.05, 0.1) is 11.7 Å². The minimum atomic E-state index is -3.55. The van der Waals surface area contributed by atoms with Crippen molar-refractivity contribution in [1.82, 2.24) is 4.72 Å². The Morgan fingerprint density at radius 2 is 1.94 bits per heavy atom. The maximum Gasteiger partial charge on any atom is 0.307 e. The number of carboxylic acids is 1. The molecule has 1 atom stereocenters. The van der Waals surface area contributed by atoms with E-state index in [2.05, 4.69) is 4.72 Å². The smallest absolute Gasteiger partial charge is 0.307 e. The standard InChI is InChI=1S/C11H15NO4S/c1-9(11(13)14)8-17(15,16)12-7-10-5-3-2-4-6-10/h2-6,9,12H,7-8H2,1H3,(H,13,14). The second-order valence-electron chi connectivity index (χ2n) is 3.83. The lowest BCUT2D eigenvalue weighted by Crippen LogP contribution is -2.31. The second kappa shape index (κ2) is 5.79. The highest BCUT2D eigenvalue weighted by Gasteiger charge is 2.20. The van der Waals surface area contributed by atoms with Crippen LogP contribution < -0.4 is 4.72 Å². The molecule has 0 aromatic heterocycles. The van der Waals surface area contributed by atoms with Crippen molar-refractivity contribution in [2.75, 3.05) is 5.75 Å². The molecule has 0 saturated heterocycles. The van der Waals surface area contributed by atoms with E-state index in [0.29, 0.717) is 0 Å². The van der Waals surface area contributed by atoms with Crippen LogP contribution in [0.25, 0.3) is 0 Å². The normalized spacial score (nSPS) is 13.2. The summed E-state index contributed by atoms with van der Waals surface area (Å²) >= 11 is 0. The van der Waals surface area contributed by atoms with Crippen LogP contribution in [0, 0.1) is 5.92 Å². The SMILES string of the molecule is CC(CS(=O)(=O)NCc1ccccc1)C(=O)O. The number of nitrogens with one attached hydrogen (secondary N) is 1. The number of sulfonamides is 1. The average Bonchev–Trinajstić information content (AvgIpc) is 2.27. The van der Waals surface area contributed by atoms with Gasteiger partial charge in [0.2, 0.25) is 10.0 Å². The quantitative estimate of drug-likeness (QED) is 0.790. The first-order chi connectivity index (χ1) is 7.91. The fraction of sp³-hybridized carbons (Fsp3) is 0.364. The summed E-state index contributed by atoms with van der Waals surface area (Å²) in [6.07, 6.45) is 0. The van der Waals surface area contributed by atoms with Gasteiger partial charge in [-0.05, 0) is 5.56 Å². The van der Waals surface area contributed by atoms with Crippen molar-refractivity contribution >= 4 is 16.0 Å². The molecule has 0 amide bonds. The third-order valence-corrected chi connectivity index (χ3v) is 3.75. The molecule has 0 aliphatic rings. The van der Waals surface area contributed by atoms with Gasteiger partial charge in [-0.15, -0.1) is 0 Å². The van der Waals surface area contributed by atoms with Crippen LogP contribution >= 0.6 is 0 Å². The molecule has 2 N–H and O–H groups in total. The summed E-state index contributed by atoms with van der Waals surface area (Å²) in [7, 11) is -3.55. The Balaban J connectivity index is 2.54. The van der Waals surface area contributed by atoms with Crippen LogP contribution in [0.1, 0.15) is 12.5 Å². The summed E-state index contributed by atoms with van der Waals surface area (Å²) in [5, 5.41) is 8.64. The summed E-state index contributed by atoms with van der Waals surface area (Å²) in [5.41, 5.74) is 0.832. The van der Waals surface area contributed by atoms with Gasteiger partial charge in [-0.2, -0.15) is 0 Å². The van der Waals surface area contributed by atoms with Crippen LogP contribution in [0.2, 0.25) is 0 Å². The van der Waals surface area contributed by atoms with Gasteiger partial charge in [0.25, 0.3) is 0 Å². The van der Waals surface area contributed by atoms with Gasteiger partial charge in [0.15, 0.2) is 0 Å². The zero-order valence-corrected chi connectivity index (χ0v) is 10.3. The summed E-state index contributed by atoms with van der Waals surface area (Å²) in [4.78, 5) is 10.6. The van der Waals surface area contributed by atoms with Crippen molar-refractivity contribution in [3.63, 3.8) is 0 Å². The molecule has 0 heterocycles. The van der Waals surface area contributed by atoms with Crippen LogP contribution in [0.3, 0.4) is 0 Å². The van der Waals surface area contributed by atoms with E-state index in [9.17, 15) is 13.2 Å². The third kappa shape index (κ3) is 4.97. The first-order valence-electron chi connectivity index (χ1n) is 5.15. The van der Waals surface area contributed by atoms with Crippen molar-refractivity contribution in [1.29, 1.82) is 0 Å². The molecule has 94 valence electrons. The van der Waals surface area contributed by atoms with Gasteiger partial charge in [0, 0.05) is 6.54 Å². The van der Waals surface area contributed by atoms with Gasteiger partial charge in [0.1, 0.15) is 0 Å². The summed E-state index contributed by atoms with van der Waals surface area (Å²) in [6, 6.07) is 9.05. The predicted octanol–water partition coefficient (Wildman–Crippen LogP) is 0.827. The fourth-order valence-corrected chi connectivity index (χ4v) is 2.55. The summed E-state index contributed by atoms with van der Waals surface area (Å²) in [6.45, 7) is 1.54. The van der Waals surface area contributed by atoms with Gasteiger partial charge in [-0.3, -0.25) is 4.79 Å². The summed E-state index contributed by atoms with van der Waals surface area (Å²) < 4.78 is 25.5.